The third kappa shape index (κ3) is 2.38. The van der Waals surface area contributed by atoms with Crippen molar-refractivity contribution < 1.29 is 9.53 Å². The molecule has 0 saturated heterocycles. The summed E-state index contributed by atoms with van der Waals surface area (Å²) < 4.78 is 5.80. The van der Waals surface area contributed by atoms with Crippen LogP contribution >= 0.6 is 22.9 Å². The summed E-state index contributed by atoms with van der Waals surface area (Å²) in [5, 5.41) is 1.19. The maximum absolute atomic E-state index is 12.1. The third-order valence-electron chi connectivity index (χ3n) is 3.18. The fourth-order valence-electron chi connectivity index (χ4n) is 2.31. The molecule has 0 bridgehead atoms. The van der Waals surface area contributed by atoms with Gasteiger partial charge in [0.25, 0.3) is 0 Å². The number of carbonyl (C=O) groups is 1. The smallest absolute Gasteiger partial charge is 0.192 e. The lowest BCUT2D eigenvalue weighted by Gasteiger charge is -2.12. The van der Waals surface area contributed by atoms with Crippen molar-refractivity contribution in [2.45, 2.75) is 26.2 Å². The number of nitrogens with zero attached hydrogens (tertiary/aromatic N) is 1. The molecule has 0 aliphatic heterocycles. The van der Waals surface area contributed by atoms with Gasteiger partial charge in [0.1, 0.15) is 5.75 Å². The second kappa shape index (κ2) is 4.94. The van der Waals surface area contributed by atoms with Crippen LogP contribution in [0.2, 0.25) is 5.02 Å². The molecule has 0 N–H and O–H groups in total. The Morgan fingerprint density at radius 2 is 2.21 bits per heavy atom. The van der Waals surface area contributed by atoms with Crippen LogP contribution in [-0.4, -0.2) is 10.8 Å². The number of Topliss-reactive ketones (excluding diaryl/α,β-unsaturated/α-hetero) is 1. The molecule has 0 unspecified atom stereocenters. The van der Waals surface area contributed by atoms with Crippen molar-refractivity contribution in [2.75, 3.05) is 0 Å². The molecule has 98 valence electrons. The second-order valence-corrected chi connectivity index (χ2v) is 6.14. The van der Waals surface area contributed by atoms with Crippen molar-refractivity contribution >= 4 is 28.7 Å². The second-order valence-electron chi connectivity index (χ2n) is 4.52. The van der Waals surface area contributed by atoms with E-state index in [0.29, 0.717) is 22.3 Å². The van der Waals surface area contributed by atoms with Crippen LogP contribution in [0.1, 0.15) is 33.6 Å². The highest BCUT2D eigenvalue weighted by atomic mass is 35.5. The van der Waals surface area contributed by atoms with Gasteiger partial charge in [0.15, 0.2) is 10.8 Å². The van der Waals surface area contributed by atoms with E-state index >= 15 is 0 Å². The summed E-state index contributed by atoms with van der Waals surface area (Å²) in [5.41, 5.74) is 1.90. The fraction of sp³-hybridized carbons (Fsp3) is 0.286. The Hall–Kier alpha value is -1.39. The van der Waals surface area contributed by atoms with Gasteiger partial charge in [-0.25, -0.2) is 0 Å². The van der Waals surface area contributed by atoms with E-state index < -0.39 is 0 Å². The highest BCUT2D eigenvalue weighted by molar-refractivity contribution is 7.14. The standard InChI is InChI=1S/C14H12ClNO2S/c1-8-11-3-2-4-12(17)13(11)14(19-8)18-10-5-9(15)6-16-7-10/h5-7H,2-4H2,1H3. The number of pyridine rings is 1. The molecule has 0 saturated carbocycles. The Morgan fingerprint density at radius 3 is 3.00 bits per heavy atom. The fourth-order valence-corrected chi connectivity index (χ4v) is 3.56. The van der Waals surface area contributed by atoms with Crippen molar-refractivity contribution in [2.24, 2.45) is 0 Å². The zero-order valence-corrected chi connectivity index (χ0v) is 12.0. The molecular weight excluding hydrogens is 282 g/mol. The minimum Gasteiger partial charge on any atom is -0.444 e. The average Bonchev–Trinajstić information content (AvgIpc) is 2.68. The average molecular weight is 294 g/mol. The number of fused-ring (bicyclic) bond motifs is 1. The van der Waals surface area contributed by atoms with Crippen LogP contribution in [0, 0.1) is 6.92 Å². The number of hydrogen-bond acceptors (Lipinski definition) is 4. The number of thiophene rings is 1. The highest BCUT2D eigenvalue weighted by Gasteiger charge is 2.26. The van der Waals surface area contributed by atoms with Gasteiger partial charge in [-0.15, -0.1) is 11.3 Å². The van der Waals surface area contributed by atoms with Crippen molar-refractivity contribution in [3.63, 3.8) is 0 Å². The van der Waals surface area contributed by atoms with E-state index in [2.05, 4.69) is 4.98 Å². The highest BCUT2D eigenvalue weighted by Crippen LogP contribution is 2.41. The molecule has 0 atom stereocenters. The summed E-state index contributed by atoms with van der Waals surface area (Å²) in [6.45, 7) is 2.03. The van der Waals surface area contributed by atoms with E-state index in [1.54, 1.807) is 18.5 Å². The lowest BCUT2D eigenvalue weighted by atomic mass is 9.92. The summed E-state index contributed by atoms with van der Waals surface area (Å²) in [6, 6.07) is 1.70. The molecule has 3 rings (SSSR count). The van der Waals surface area contributed by atoms with Crippen LogP contribution in [0.3, 0.4) is 0 Å². The molecule has 3 nitrogen and oxygen atoms in total. The van der Waals surface area contributed by atoms with E-state index in [1.807, 2.05) is 6.92 Å². The number of aromatic nitrogens is 1. The quantitative estimate of drug-likeness (QED) is 0.823. The lowest BCUT2D eigenvalue weighted by molar-refractivity contribution is 0.0971. The molecule has 0 spiro atoms. The number of halogens is 1. The predicted molar refractivity (Wildman–Crippen MR) is 75.6 cm³/mol. The summed E-state index contributed by atoms with van der Waals surface area (Å²) >= 11 is 7.40. The van der Waals surface area contributed by atoms with Gasteiger partial charge in [0.2, 0.25) is 0 Å². The normalized spacial score (nSPS) is 14.3. The van der Waals surface area contributed by atoms with Gasteiger partial charge in [-0.05, 0) is 25.3 Å². The molecule has 1 aliphatic rings. The first-order valence-corrected chi connectivity index (χ1v) is 7.28. The molecule has 1 aliphatic carbocycles. The number of ketones is 1. The van der Waals surface area contributed by atoms with Gasteiger partial charge >= 0.3 is 0 Å². The van der Waals surface area contributed by atoms with Crippen molar-refractivity contribution in [1.29, 1.82) is 0 Å². The summed E-state index contributed by atoms with van der Waals surface area (Å²) in [5.74, 6) is 0.741. The molecule has 0 radical (unpaired) electrons. The number of aryl methyl sites for hydroxylation is 1. The van der Waals surface area contributed by atoms with Gasteiger partial charge < -0.3 is 4.74 Å². The van der Waals surface area contributed by atoms with E-state index in [0.717, 1.165) is 28.8 Å². The van der Waals surface area contributed by atoms with Gasteiger partial charge in [-0.2, -0.15) is 0 Å². The van der Waals surface area contributed by atoms with Gasteiger partial charge in [0.05, 0.1) is 16.8 Å². The van der Waals surface area contributed by atoms with Crippen molar-refractivity contribution in [1.82, 2.24) is 4.98 Å². The first-order chi connectivity index (χ1) is 9.15. The van der Waals surface area contributed by atoms with Gasteiger partial charge in [0, 0.05) is 23.6 Å². The van der Waals surface area contributed by atoms with E-state index in [-0.39, 0.29) is 5.78 Å². The zero-order valence-electron chi connectivity index (χ0n) is 10.4. The first-order valence-electron chi connectivity index (χ1n) is 6.09. The Labute approximate surface area is 120 Å². The Morgan fingerprint density at radius 1 is 1.37 bits per heavy atom. The van der Waals surface area contributed by atoms with Gasteiger partial charge in [-0.3, -0.25) is 9.78 Å². The van der Waals surface area contributed by atoms with Crippen LogP contribution < -0.4 is 4.74 Å². The molecule has 19 heavy (non-hydrogen) atoms. The zero-order chi connectivity index (χ0) is 13.4. The summed E-state index contributed by atoms with van der Waals surface area (Å²) in [7, 11) is 0. The Bertz CT molecular complexity index is 651. The molecule has 2 heterocycles. The topological polar surface area (TPSA) is 39.2 Å². The van der Waals surface area contributed by atoms with Crippen LogP contribution in [0.25, 0.3) is 0 Å². The number of rotatable bonds is 2. The summed E-state index contributed by atoms with van der Waals surface area (Å²) in [4.78, 5) is 17.2. The molecule has 5 heteroatoms. The van der Waals surface area contributed by atoms with Crippen LogP contribution in [0.5, 0.6) is 10.8 Å². The number of ether oxygens (including phenoxy) is 1. The largest absolute Gasteiger partial charge is 0.444 e. The third-order valence-corrected chi connectivity index (χ3v) is 4.41. The van der Waals surface area contributed by atoms with Gasteiger partial charge in [-0.1, -0.05) is 11.6 Å². The Balaban J connectivity index is 2.00. The summed E-state index contributed by atoms with van der Waals surface area (Å²) in [6.07, 6.45) is 5.64. The van der Waals surface area contributed by atoms with Crippen LogP contribution in [0.4, 0.5) is 0 Å². The number of carbonyl (C=O) groups excluding carboxylic acids is 1. The molecule has 0 fully saturated rings. The molecule has 2 aromatic rings. The maximum atomic E-state index is 12.1. The SMILES string of the molecule is Cc1sc(Oc2cncc(Cl)c2)c2c1CCCC2=O. The molecular formula is C14H12ClNO2S. The number of hydrogen-bond donors (Lipinski definition) is 0. The van der Waals surface area contributed by atoms with E-state index in [4.69, 9.17) is 16.3 Å². The maximum Gasteiger partial charge on any atom is 0.192 e. The van der Waals surface area contributed by atoms with Crippen LogP contribution in [-0.2, 0) is 6.42 Å². The van der Waals surface area contributed by atoms with Crippen LogP contribution in [0.15, 0.2) is 18.5 Å². The lowest BCUT2D eigenvalue weighted by Crippen LogP contribution is -2.09. The molecule has 2 aromatic heterocycles. The first kappa shape index (κ1) is 12.6. The molecule has 0 amide bonds. The van der Waals surface area contributed by atoms with Crippen molar-refractivity contribution in [3.8, 4) is 10.8 Å². The Kier molecular flexibility index (Phi) is 3.29. The predicted octanol–water partition coefficient (Wildman–Crippen LogP) is 4.42. The minimum atomic E-state index is 0.176. The van der Waals surface area contributed by atoms with E-state index in [1.165, 1.54) is 11.3 Å². The minimum absolute atomic E-state index is 0.176. The monoisotopic (exact) mass is 293 g/mol. The van der Waals surface area contributed by atoms with E-state index in [9.17, 15) is 4.79 Å². The van der Waals surface area contributed by atoms with Crippen molar-refractivity contribution in [3.05, 3.63) is 39.5 Å². The molecule has 0 aromatic carbocycles.